The lowest BCUT2D eigenvalue weighted by Gasteiger charge is -2.38. The second kappa shape index (κ2) is 5.36. The fourth-order valence-corrected chi connectivity index (χ4v) is 2.80. The van der Waals surface area contributed by atoms with Gasteiger partial charge in [-0.3, -0.25) is 9.69 Å². The Balaban J connectivity index is 1.81. The van der Waals surface area contributed by atoms with Gasteiger partial charge in [-0.25, -0.2) is 0 Å². The third-order valence-electron chi connectivity index (χ3n) is 4.20. The van der Waals surface area contributed by atoms with Gasteiger partial charge in [-0.2, -0.15) is 0 Å². The molecular formula is C13H24N2O2. The molecule has 1 atom stereocenters. The summed E-state index contributed by atoms with van der Waals surface area (Å²) in [6.07, 6.45) is 6.03. The van der Waals surface area contributed by atoms with Crippen LogP contribution in [0.1, 0.15) is 45.4 Å². The molecule has 1 saturated carbocycles. The summed E-state index contributed by atoms with van der Waals surface area (Å²) in [4.78, 5) is 14.3. The standard InChI is InChI=1S/C13H24N2O2/c1-2-15-9-4-3-6-11(15)12(16)14-10-13(17)7-5-8-13/h11,17H,2-10H2,1H3,(H,14,16). The molecule has 4 nitrogen and oxygen atoms in total. The van der Waals surface area contributed by atoms with Crippen molar-refractivity contribution >= 4 is 5.91 Å². The molecule has 1 aliphatic carbocycles. The zero-order valence-corrected chi connectivity index (χ0v) is 10.7. The Morgan fingerprint density at radius 1 is 1.41 bits per heavy atom. The van der Waals surface area contributed by atoms with Crippen molar-refractivity contribution in [2.45, 2.75) is 57.1 Å². The van der Waals surface area contributed by atoms with Gasteiger partial charge in [0.1, 0.15) is 0 Å². The average Bonchev–Trinajstić information content (AvgIpc) is 2.33. The van der Waals surface area contributed by atoms with E-state index in [4.69, 9.17) is 0 Å². The molecule has 1 aliphatic heterocycles. The molecule has 2 aliphatic rings. The Bertz CT molecular complexity index is 277. The van der Waals surface area contributed by atoms with Gasteiger partial charge in [0.05, 0.1) is 11.6 Å². The van der Waals surface area contributed by atoms with Gasteiger partial charge in [0.25, 0.3) is 0 Å². The first-order chi connectivity index (χ1) is 8.14. The second-order valence-electron chi connectivity index (χ2n) is 5.44. The van der Waals surface area contributed by atoms with Gasteiger partial charge in [-0.05, 0) is 45.2 Å². The van der Waals surface area contributed by atoms with Gasteiger partial charge in [-0.15, -0.1) is 0 Å². The lowest BCUT2D eigenvalue weighted by atomic mass is 9.80. The SMILES string of the molecule is CCN1CCCCC1C(=O)NCC1(O)CCC1. The summed E-state index contributed by atoms with van der Waals surface area (Å²) in [6, 6.07) is 0.0254. The molecule has 0 aromatic carbocycles. The highest BCUT2D eigenvalue weighted by atomic mass is 16.3. The molecule has 17 heavy (non-hydrogen) atoms. The molecule has 1 unspecified atom stereocenters. The largest absolute Gasteiger partial charge is 0.388 e. The molecule has 1 heterocycles. The number of carbonyl (C=O) groups excluding carboxylic acids is 1. The summed E-state index contributed by atoms with van der Waals surface area (Å²) in [5, 5.41) is 12.9. The number of hydrogen-bond donors (Lipinski definition) is 2. The molecule has 4 heteroatoms. The van der Waals surface area contributed by atoms with E-state index in [0.717, 1.165) is 45.2 Å². The first kappa shape index (κ1) is 12.8. The normalized spacial score (nSPS) is 28.5. The first-order valence-electron chi connectivity index (χ1n) is 6.89. The minimum atomic E-state index is -0.610. The minimum Gasteiger partial charge on any atom is -0.388 e. The molecule has 0 radical (unpaired) electrons. The van der Waals surface area contributed by atoms with Crippen LogP contribution in [0.5, 0.6) is 0 Å². The maximum Gasteiger partial charge on any atom is 0.237 e. The van der Waals surface area contributed by atoms with Crippen molar-refractivity contribution in [3.8, 4) is 0 Å². The van der Waals surface area contributed by atoms with E-state index in [1.165, 1.54) is 6.42 Å². The van der Waals surface area contributed by atoms with E-state index in [-0.39, 0.29) is 11.9 Å². The monoisotopic (exact) mass is 240 g/mol. The van der Waals surface area contributed by atoms with Crippen molar-refractivity contribution in [2.75, 3.05) is 19.6 Å². The highest BCUT2D eigenvalue weighted by Gasteiger charge is 2.36. The van der Waals surface area contributed by atoms with Crippen LogP contribution in [0.3, 0.4) is 0 Å². The molecule has 0 bridgehead atoms. The number of amides is 1. The molecule has 2 rings (SSSR count). The van der Waals surface area contributed by atoms with Gasteiger partial charge in [0.15, 0.2) is 0 Å². The topological polar surface area (TPSA) is 52.6 Å². The summed E-state index contributed by atoms with van der Waals surface area (Å²) in [5.41, 5.74) is -0.610. The Morgan fingerprint density at radius 2 is 2.18 bits per heavy atom. The van der Waals surface area contributed by atoms with Crippen LogP contribution in [0.2, 0.25) is 0 Å². The molecular weight excluding hydrogens is 216 g/mol. The van der Waals surface area contributed by atoms with Crippen LogP contribution in [-0.2, 0) is 4.79 Å². The Labute approximate surface area is 103 Å². The van der Waals surface area contributed by atoms with E-state index in [1.54, 1.807) is 0 Å². The fraction of sp³-hybridized carbons (Fsp3) is 0.923. The molecule has 1 saturated heterocycles. The van der Waals surface area contributed by atoms with Gasteiger partial charge in [0, 0.05) is 6.54 Å². The molecule has 2 fully saturated rings. The van der Waals surface area contributed by atoms with Crippen LogP contribution in [0.25, 0.3) is 0 Å². The van der Waals surface area contributed by atoms with Crippen LogP contribution in [0, 0.1) is 0 Å². The van der Waals surface area contributed by atoms with E-state index >= 15 is 0 Å². The summed E-state index contributed by atoms with van der Waals surface area (Å²) in [6.45, 7) is 4.49. The van der Waals surface area contributed by atoms with Crippen LogP contribution >= 0.6 is 0 Å². The van der Waals surface area contributed by atoms with E-state index in [0.29, 0.717) is 6.54 Å². The number of hydrogen-bond acceptors (Lipinski definition) is 3. The van der Waals surface area contributed by atoms with Crippen molar-refractivity contribution < 1.29 is 9.90 Å². The zero-order valence-electron chi connectivity index (χ0n) is 10.7. The average molecular weight is 240 g/mol. The molecule has 0 spiro atoms. The number of rotatable bonds is 4. The molecule has 2 N–H and O–H groups in total. The van der Waals surface area contributed by atoms with Crippen molar-refractivity contribution in [1.29, 1.82) is 0 Å². The van der Waals surface area contributed by atoms with Crippen LogP contribution in [0.4, 0.5) is 0 Å². The van der Waals surface area contributed by atoms with Crippen LogP contribution in [0.15, 0.2) is 0 Å². The van der Waals surface area contributed by atoms with Crippen LogP contribution in [-0.4, -0.2) is 47.2 Å². The number of piperidine rings is 1. The van der Waals surface area contributed by atoms with E-state index in [9.17, 15) is 9.90 Å². The van der Waals surface area contributed by atoms with Gasteiger partial charge in [-0.1, -0.05) is 13.3 Å². The predicted octanol–water partition coefficient (Wildman–Crippen LogP) is 0.892. The number of likely N-dealkylation sites (N-methyl/N-ethyl adjacent to an activating group) is 1. The quantitative estimate of drug-likeness (QED) is 0.767. The Morgan fingerprint density at radius 3 is 2.76 bits per heavy atom. The van der Waals surface area contributed by atoms with Crippen molar-refractivity contribution in [1.82, 2.24) is 10.2 Å². The van der Waals surface area contributed by atoms with Crippen molar-refractivity contribution in [3.63, 3.8) is 0 Å². The predicted molar refractivity (Wildman–Crippen MR) is 66.7 cm³/mol. The van der Waals surface area contributed by atoms with E-state index in [2.05, 4.69) is 17.1 Å². The molecule has 0 aromatic rings. The maximum atomic E-state index is 12.1. The smallest absolute Gasteiger partial charge is 0.237 e. The summed E-state index contributed by atoms with van der Waals surface area (Å²) >= 11 is 0. The van der Waals surface area contributed by atoms with Gasteiger partial charge < -0.3 is 10.4 Å². The lowest BCUT2D eigenvalue weighted by molar-refractivity contribution is -0.130. The minimum absolute atomic E-state index is 0.0254. The number of likely N-dealkylation sites (tertiary alicyclic amines) is 1. The third-order valence-corrected chi connectivity index (χ3v) is 4.20. The highest BCUT2D eigenvalue weighted by molar-refractivity contribution is 5.81. The third kappa shape index (κ3) is 2.99. The van der Waals surface area contributed by atoms with E-state index in [1.807, 2.05) is 0 Å². The number of carbonyl (C=O) groups is 1. The summed E-state index contributed by atoms with van der Waals surface area (Å²) in [7, 11) is 0. The number of nitrogens with zero attached hydrogens (tertiary/aromatic N) is 1. The second-order valence-corrected chi connectivity index (χ2v) is 5.44. The van der Waals surface area contributed by atoms with Crippen LogP contribution < -0.4 is 5.32 Å². The maximum absolute atomic E-state index is 12.1. The summed E-state index contributed by atoms with van der Waals surface area (Å²) < 4.78 is 0. The first-order valence-corrected chi connectivity index (χ1v) is 6.89. The van der Waals surface area contributed by atoms with Crippen molar-refractivity contribution in [2.24, 2.45) is 0 Å². The number of aliphatic hydroxyl groups is 1. The molecule has 1 amide bonds. The fourth-order valence-electron chi connectivity index (χ4n) is 2.80. The summed E-state index contributed by atoms with van der Waals surface area (Å²) in [5.74, 6) is 0.104. The zero-order chi connectivity index (χ0) is 12.3. The highest BCUT2D eigenvalue weighted by Crippen LogP contribution is 2.30. The van der Waals surface area contributed by atoms with Crippen molar-refractivity contribution in [3.05, 3.63) is 0 Å². The Hall–Kier alpha value is -0.610. The number of nitrogens with one attached hydrogen (secondary N) is 1. The molecule has 98 valence electrons. The molecule has 0 aromatic heterocycles. The lowest BCUT2D eigenvalue weighted by Crippen LogP contribution is -2.54. The van der Waals surface area contributed by atoms with Gasteiger partial charge >= 0.3 is 0 Å². The van der Waals surface area contributed by atoms with E-state index < -0.39 is 5.60 Å². The Kier molecular flexibility index (Phi) is 4.05. The van der Waals surface area contributed by atoms with Gasteiger partial charge in [0.2, 0.25) is 5.91 Å².